The lowest BCUT2D eigenvalue weighted by molar-refractivity contribution is 0.0357. The fourth-order valence-corrected chi connectivity index (χ4v) is 5.69. The van der Waals surface area contributed by atoms with Crippen molar-refractivity contribution in [2.45, 2.75) is 65.6 Å². The molecule has 0 unspecified atom stereocenters. The van der Waals surface area contributed by atoms with E-state index in [2.05, 4.69) is 35.3 Å². The van der Waals surface area contributed by atoms with E-state index in [-0.39, 0.29) is 0 Å². The zero-order valence-electron chi connectivity index (χ0n) is 33.6. The number of carbonyl (C=O) groups excluding carboxylic acids is 2. The van der Waals surface area contributed by atoms with Gasteiger partial charge < -0.3 is 38.5 Å². The van der Waals surface area contributed by atoms with Crippen molar-refractivity contribution in [3.63, 3.8) is 0 Å². The maximum absolute atomic E-state index is 11.0. The topological polar surface area (TPSA) is 168 Å². The van der Waals surface area contributed by atoms with E-state index in [1.54, 1.807) is 54.7 Å². The van der Waals surface area contributed by atoms with Crippen LogP contribution in [0.25, 0.3) is 10.9 Å². The fraction of sp³-hybridized carbons (Fsp3) is 0.590. The molecule has 1 N–H and O–H groups in total. The van der Waals surface area contributed by atoms with Crippen molar-refractivity contribution in [3.05, 3.63) is 41.7 Å². The van der Waals surface area contributed by atoms with Crippen LogP contribution in [0.2, 0.25) is 5.02 Å². The van der Waals surface area contributed by atoms with Crippen LogP contribution in [0, 0.1) is 0 Å². The summed E-state index contributed by atoms with van der Waals surface area (Å²) >= 11 is 6.49. The van der Waals surface area contributed by atoms with E-state index in [0.29, 0.717) is 41.2 Å². The van der Waals surface area contributed by atoms with Gasteiger partial charge in [0.15, 0.2) is 0 Å². The Morgan fingerprint density at radius 1 is 0.786 bits per heavy atom. The molecule has 2 saturated heterocycles. The third-order valence-corrected chi connectivity index (χ3v) is 8.40. The van der Waals surface area contributed by atoms with Crippen LogP contribution < -0.4 is 19.5 Å². The predicted molar refractivity (Wildman–Crippen MR) is 213 cm³/mol. The second kappa shape index (κ2) is 21.8. The van der Waals surface area contributed by atoms with Crippen molar-refractivity contribution < 1.29 is 42.7 Å². The van der Waals surface area contributed by atoms with Crippen molar-refractivity contribution >= 4 is 46.2 Å². The highest BCUT2D eigenvalue weighted by Crippen LogP contribution is 2.37. The van der Waals surface area contributed by atoms with Crippen LogP contribution in [0.1, 0.15) is 54.4 Å². The van der Waals surface area contributed by atoms with Gasteiger partial charge in [-0.05, 0) is 66.5 Å². The zero-order valence-corrected chi connectivity index (χ0v) is 34.4. The van der Waals surface area contributed by atoms with Gasteiger partial charge in [0.2, 0.25) is 0 Å². The summed E-state index contributed by atoms with van der Waals surface area (Å²) in [6.07, 6.45) is 1.52. The maximum atomic E-state index is 11.0. The number of hydrogen-bond acceptors (Lipinski definition) is 14. The Kier molecular flexibility index (Phi) is 17.3. The van der Waals surface area contributed by atoms with Crippen LogP contribution in [-0.4, -0.2) is 129 Å². The lowest BCUT2D eigenvalue weighted by Gasteiger charge is -2.26. The lowest BCUT2D eigenvalue weighted by Crippen LogP contribution is -2.37. The summed E-state index contributed by atoms with van der Waals surface area (Å²) in [6.45, 7) is 20.3. The molecule has 2 aliphatic heterocycles. The molecule has 3 aromatic rings. The van der Waals surface area contributed by atoms with Crippen molar-refractivity contribution in [2.24, 2.45) is 10.2 Å². The molecule has 0 atom stereocenters. The standard InChI is InChI=1S/C29H38ClN5O5.C10H18N2O4/c1-36-22-4-5-24(30)25(18-22)33-29-28-26(31-21-32-29)19-23(39-12-2-6-34-8-14-37-15-9-34)20-27(28)40-13-3-7-35-10-16-38-17-11-35;1-9(2,3)15-7(13)11-12-8(14)16-10(4,5)6/h4-5,18-21H,2-3,6-17H2,1H3,(H,31,32,33);1-6H3/b;12-11+. The average Bonchev–Trinajstić information content (AvgIpc) is 3.15. The van der Waals surface area contributed by atoms with E-state index in [4.69, 9.17) is 44.8 Å². The number of nitrogens with zero attached hydrogens (tertiary/aromatic N) is 6. The molecule has 17 heteroatoms. The van der Waals surface area contributed by atoms with Crippen molar-refractivity contribution in [1.82, 2.24) is 19.8 Å². The number of anilines is 2. The molecule has 0 saturated carbocycles. The number of nitrogens with one attached hydrogen (secondary N) is 1. The molecular formula is C39H56ClN7O9. The highest BCUT2D eigenvalue weighted by atomic mass is 35.5. The second-order valence-electron chi connectivity index (χ2n) is 15.0. The van der Waals surface area contributed by atoms with Gasteiger partial charge in [-0.15, -0.1) is 0 Å². The minimum absolute atomic E-state index is 0.556. The monoisotopic (exact) mass is 801 g/mol. The largest absolute Gasteiger partial charge is 0.497 e. The van der Waals surface area contributed by atoms with E-state index >= 15 is 0 Å². The van der Waals surface area contributed by atoms with Crippen LogP contribution in [0.3, 0.4) is 0 Å². The van der Waals surface area contributed by atoms with Crippen molar-refractivity contribution in [2.75, 3.05) is 91.3 Å². The molecule has 0 aliphatic carbocycles. The van der Waals surface area contributed by atoms with E-state index in [9.17, 15) is 9.59 Å². The Morgan fingerprint density at radius 3 is 1.88 bits per heavy atom. The summed E-state index contributed by atoms with van der Waals surface area (Å²) in [5, 5.41) is 10.9. The van der Waals surface area contributed by atoms with Gasteiger partial charge in [-0.25, -0.2) is 19.6 Å². The van der Waals surface area contributed by atoms with Gasteiger partial charge in [0.05, 0.1) is 68.4 Å². The van der Waals surface area contributed by atoms with Gasteiger partial charge in [0.25, 0.3) is 0 Å². The highest BCUT2D eigenvalue weighted by Gasteiger charge is 2.19. The normalized spacial score (nSPS) is 15.5. The minimum Gasteiger partial charge on any atom is -0.497 e. The van der Waals surface area contributed by atoms with Crippen LogP contribution in [0.4, 0.5) is 21.1 Å². The van der Waals surface area contributed by atoms with Gasteiger partial charge >= 0.3 is 12.2 Å². The first-order chi connectivity index (χ1) is 26.7. The molecule has 5 rings (SSSR count). The predicted octanol–water partition coefficient (Wildman–Crippen LogP) is 7.55. The molecule has 0 spiro atoms. The van der Waals surface area contributed by atoms with E-state index in [1.165, 1.54) is 6.33 Å². The number of aromatic nitrogens is 2. The van der Waals surface area contributed by atoms with Gasteiger partial charge in [-0.3, -0.25) is 9.80 Å². The minimum atomic E-state index is -0.918. The van der Waals surface area contributed by atoms with E-state index < -0.39 is 23.4 Å². The SMILES string of the molecule is CC(C)(C)OC(=O)/N=N/C(=O)OC(C)(C)C.COc1ccc(Cl)c(Nc2ncnc3cc(OCCCN4CCOCC4)cc(OCCCN4CCOCC4)c23)c1. The molecule has 2 aliphatic rings. The quantitative estimate of drug-likeness (QED) is 0.133. The maximum Gasteiger partial charge on any atom is 0.453 e. The number of benzene rings is 2. The lowest BCUT2D eigenvalue weighted by atomic mass is 10.2. The fourth-order valence-electron chi connectivity index (χ4n) is 5.52. The molecule has 1 aromatic heterocycles. The van der Waals surface area contributed by atoms with E-state index in [0.717, 1.165) is 95.2 Å². The Hall–Kier alpha value is -4.35. The van der Waals surface area contributed by atoms with Crippen LogP contribution in [0.15, 0.2) is 46.9 Å². The van der Waals surface area contributed by atoms with Crippen LogP contribution in [-0.2, 0) is 18.9 Å². The second-order valence-corrected chi connectivity index (χ2v) is 15.4. The molecule has 0 radical (unpaired) electrons. The van der Waals surface area contributed by atoms with Crippen molar-refractivity contribution in [3.8, 4) is 17.2 Å². The zero-order chi connectivity index (χ0) is 40.6. The number of hydrogen-bond donors (Lipinski definition) is 1. The van der Waals surface area contributed by atoms with Crippen LogP contribution in [0.5, 0.6) is 17.2 Å². The van der Waals surface area contributed by atoms with Gasteiger partial charge in [0, 0.05) is 57.5 Å². The number of ether oxygens (including phenoxy) is 7. The summed E-state index contributed by atoms with van der Waals surface area (Å²) < 4.78 is 38.5. The molecular weight excluding hydrogens is 746 g/mol. The third kappa shape index (κ3) is 16.0. The van der Waals surface area contributed by atoms with Gasteiger partial charge in [-0.2, -0.15) is 0 Å². The molecule has 2 amide bonds. The number of amides is 2. The summed E-state index contributed by atoms with van der Waals surface area (Å²) in [6, 6.07) is 9.32. The average molecular weight is 802 g/mol. The molecule has 2 fully saturated rings. The van der Waals surface area contributed by atoms with Crippen LogP contribution >= 0.6 is 11.6 Å². The molecule has 16 nitrogen and oxygen atoms in total. The molecule has 56 heavy (non-hydrogen) atoms. The summed E-state index contributed by atoms with van der Waals surface area (Å²) in [5.74, 6) is 2.69. The number of carbonyl (C=O) groups is 2. The Bertz CT molecular complexity index is 1710. The first kappa shape index (κ1) is 44.4. The smallest absolute Gasteiger partial charge is 0.453 e. The Labute approximate surface area is 334 Å². The highest BCUT2D eigenvalue weighted by molar-refractivity contribution is 6.33. The summed E-state index contributed by atoms with van der Waals surface area (Å²) in [7, 11) is 1.62. The molecule has 0 bridgehead atoms. The molecule has 2 aromatic carbocycles. The molecule has 308 valence electrons. The summed E-state index contributed by atoms with van der Waals surface area (Å²) in [4.78, 5) is 36.0. The number of azo groups is 1. The molecule has 3 heterocycles. The first-order valence-corrected chi connectivity index (χ1v) is 19.2. The number of methoxy groups -OCH3 is 1. The third-order valence-electron chi connectivity index (χ3n) is 8.07. The van der Waals surface area contributed by atoms with E-state index in [1.807, 2.05) is 24.3 Å². The number of rotatable bonds is 13. The number of halogens is 1. The number of morpholine rings is 2. The first-order valence-electron chi connectivity index (χ1n) is 18.8. The Balaban J connectivity index is 0.000000369. The Morgan fingerprint density at radius 2 is 1.34 bits per heavy atom. The van der Waals surface area contributed by atoms with Gasteiger partial charge in [-0.1, -0.05) is 21.8 Å². The summed E-state index contributed by atoms with van der Waals surface area (Å²) in [5.41, 5.74) is 0.0850. The van der Waals surface area contributed by atoms with Crippen molar-refractivity contribution in [1.29, 1.82) is 0 Å². The van der Waals surface area contributed by atoms with Gasteiger partial charge in [0.1, 0.15) is 40.6 Å². The number of fused-ring (bicyclic) bond motifs is 1.